The molecule has 0 spiro atoms. The zero-order valence-corrected chi connectivity index (χ0v) is 17.5. The molecule has 2 saturated carbocycles. The summed E-state index contributed by atoms with van der Waals surface area (Å²) in [6, 6.07) is 7.59. The number of nitrogens with one attached hydrogen (secondary N) is 2. The number of anilines is 2. The number of amides is 2. The number of carbonyl (C=O) groups excluding carboxylic acids is 2. The van der Waals surface area contributed by atoms with Gasteiger partial charge in [0.15, 0.2) is 0 Å². The lowest BCUT2D eigenvalue weighted by atomic mass is 9.80. The van der Waals surface area contributed by atoms with Crippen molar-refractivity contribution >= 4 is 23.2 Å². The summed E-state index contributed by atoms with van der Waals surface area (Å²) in [5.41, 5.74) is 1.45. The fourth-order valence-corrected chi connectivity index (χ4v) is 4.84. The first-order valence-electron chi connectivity index (χ1n) is 11.3. The van der Waals surface area contributed by atoms with Crippen LogP contribution in [0, 0.1) is 23.7 Å². The molecule has 3 rings (SSSR count). The Morgan fingerprint density at radius 1 is 0.714 bits per heavy atom. The van der Waals surface area contributed by atoms with Gasteiger partial charge in [-0.3, -0.25) is 9.59 Å². The SMILES string of the molecule is CCC1CCC(C(=O)Nc2ccccc2NC(=O)C2CCC(CC)CC2)CC1. The van der Waals surface area contributed by atoms with Crippen LogP contribution >= 0.6 is 0 Å². The Hall–Kier alpha value is -1.84. The van der Waals surface area contributed by atoms with E-state index in [1.165, 1.54) is 12.8 Å². The summed E-state index contributed by atoms with van der Waals surface area (Å²) >= 11 is 0. The van der Waals surface area contributed by atoms with Crippen molar-refractivity contribution < 1.29 is 9.59 Å². The number of hydrogen-bond acceptors (Lipinski definition) is 2. The van der Waals surface area contributed by atoms with Crippen molar-refractivity contribution in [2.24, 2.45) is 23.7 Å². The highest BCUT2D eigenvalue weighted by Gasteiger charge is 2.27. The Morgan fingerprint density at radius 2 is 1.07 bits per heavy atom. The molecule has 0 saturated heterocycles. The van der Waals surface area contributed by atoms with Crippen LogP contribution in [0.5, 0.6) is 0 Å². The number of para-hydroxylation sites is 2. The molecule has 1 aromatic carbocycles. The largest absolute Gasteiger partial charge is 0.324 e. The van der Waals surface area contributed by atoms with Crippen molar-refractivity contribution in [3.8, 4) is 0 Å². The summed E-state index contributed by atoms with van der Waals surface area (Å²) in [5, 5.41) is 6.17. The van der Waals surface area contributed by atoms with Gasteiger partial charge in [-0.1, -0.05) is 38.8 Å². The molecule has 28 heavy (non-hydrogen) atoms. The fraction of sp³-hybridized carbons (Fsp3) is 0.667. The third-order valence-corrected chi connectivity index (χ3v) is 7.03. The molecule has 0 aliphatic heterocycles. The third-order valence-electron chi connectivity index (χ3n) is 7.03. The molecule has 2 N–H and O–H groups in total. The van der Waals surface area contributed by atoms with Gasteiger partial charge in [-0.25, -0.2) is 0 Å². The van der Waals surface area contributed by atoms with Gasteiger partial charge >= 0.3 is 0 Å². The lowest BCUT2D eigenvalue weighted by Gasteiger charge is -2.28. The van der Waals surface area contributed by atoms with E-state index in [2.05, 4.69) is 24.5 Å². The molecule has 4 nitrogen and oxygen atoms in total. The highest BCUT2D eigenvalue weighted by atomic mass is 16.2. The van der Waals surface area contributed by atoms with E-state index in [1.807, 2.05) is 24.3 Å². The van der Waals surface area contributed by atoms with E-state index in [-0.39, 0.29) is 23.7 Å². The summed E-state index contributed by atoms with van der Waals surface area (Å²) in [7, 11) is 0. The van der Waals surface area contributed by atoms with Crippen LogP contribution in [0.1, 0.15) is 78.1 Å². The number of rotatable bonds is 6. The molecular formula is C24H36N2O2. The Balaban J connectivity index is 1.57. The van der Waals surface area contributed by atoms with Gasteiger partial charge in [0.2, 0.25) is 11.8 Å². The highest BCUT2D eigenvalue weighted by molar-refractivity contribution is 6.00. The average molecular weight is 385 g/mol. The van der Waals surface area contributed by atoms with Gasteiger partial charge in [0.1, 0.15) is 0 Å². The van der Waals surface area contributed by atoms with Gasteiger partial charge < -0.3 is 10.6 Å². The summed E-state index contributed by atoms with van der Waals surface area (Å²) < 4.78 is 0. The maximum Gasteiger partial charge on any atom is 0.227 e. The minimum atomic E-state index is 0.0934. The van der Waals surface area contributed by atoms with E-state index in [4.69, 9.17) is 0 Å². The zero-order chi connectivity index (χ0) is 19.9. The Morgan fingerprint density at radius 3 is 1.39 bits per heavy atom. The second-order valence-electron chi connectivity index (χ2n) is 8.78. The average Bonchev–Trinajstić information content (AvgIpc) is 2.75. The van der Waals surface area contributed by atoms with Crippen LogP contribution in [0.15, 0.2) is 24.3 Å². The molecule has 2 aliphatic carbocycles. The first kappa shape index (κ1) is 20.9. The number of hydrogen-bond donors (Lipinski definition) is 2. The van der Waals surface area contributed by atoms with Crippen molar-refractivity contribution in [1.82, 2.24) is 0 Å². The Kier molecular flexibility index (Phi) is 7.52. The van der Waals surface area contributed by atoms with Gasteiger partial charge in [-0.2, -0.15) is 0 Å². The molecule has 0 unspecified atom stereocenters. The van der Waals surface area contributed by atoms with Crippen molar-refractivity contribution in [3.63, 3.8) is 0 Å². The van der Waals surface area contributed by atoms with Crippen molar-refractivity contribution in [3.05, 3.63) is 24.3 Å². The minimum Gasteiger partial charge on any atom is -0.324 e. The second kappa shape index (κ2) is 10.1. The molecule has 154 valence electrons. The predicted molar refractivity (Wildman–Crippen MR) is 115 cm³/mol. The molecule has 1 aromatic rings. The molecule has 2 fully saturated rings. The van der Waals surface area contributed by atoms with Crippen LogP contribution < -0.4 is 10.6 Å². The first-order chi connectivity index (χ1) is 13.6. The monoisotopic (exact) mass is 384 g/mol. The molecular weight excluding hydrogens is 348 g/mol. The van der Waals surface area contributed by atoms with E-state index in [0.29, 0.717) is 0 Å². The second-order valence-corrected chi connectivity index (χ2v) is 8.78. The van der Waals surface area contributed by atoms with Crippen LogP contribution in [-0.2, 0) is 9.59 Å². The fourth-order valence-electron chi connectivity index (χ4n) is 4.84. The summed E-state index contributed by atoms with van der Waals surface area (Å²) in [6.45, 7) is 4.47. The Bertz CT molecular complexity index is 599. The quantitative estimate of drug-likeness (QED) is 0.632. The minimum absolute atomic E-state index is 0.0934. The topological polar surface area (TPSA) is 58.2 Å². The summed E-state index contributed by atoms with van der Waals surface area (Å²) in [6.07, 6.45) is 10.9. The van der Waals surface area contributed by atoms with Crippen molar-refractivity contribution in [2.75, 3.05) is 10.6 Å². The summed E-state index contributed by atoms with van der Waals surface area (Å²) in [5.74, 6) is 1.93. The number of benzene rings is 1. The molecule has 0 heterocycles. The van der Waals surface area contributed by atoms with Crippen molar-refractivity contribution in [1.29, 1.82) is 0 Å². The standard InChI is InChI=1S/C24H36N2O2/c1-3-17-9-13-19(14-10-17)23(27)25-21-7-5-6-8-22(21)26-24(28)20-15-11-18(4-2)12-16-20/h5-8,17-20H,3-4,9-16H2,1-2H3,(H,25,27)(H,26,28). The smallest absolute Gasteiger partial charge is 0.227 e. The van der Waals surface area contributed by atoms with E-state index in [0.717, 1.165) is 74.6 Å². The predicted octanol–water partition coefficient (Wildman–Crippen LogP) is 6.00. The van der Waals surface area contributed by atoms with Crippen LogP contribution in [0.4, 0.5) is 11.4 Å². The summed E-state index contributed by atoms with van der Waals surface area (Å²) in [4.78, 5) is 25.5. The zero-order valence-electron chi connectivity index (χ0n) is 17.5. The van der Waals surface area contributed by atoms with E-state index < -0.39 is 0 Å². The molecule has 4 heteroatoms. The highest BCUT2D eigenvalue weighted by Crippen LogP contribution is 2.34. The third kappa shape index (κ3) is 5.36. The van der Waals surface area contributed by atoms with Gasteiger partial charge in [0.05, 0.1) is 11.4 Å². The van der Waals surface area contributed by atoms with E-state index in [1.54, 1.807) is 0 Å². The molecule has 2 amide bonds. The maximum absolute atomic E-state index is 12.7. The molecule has 0 bridgehead atoms. The van der Waals surface area contributed by atoms with Crippen LogP contribution in [0.3, 0.4) is 0 Å². The Labute approximate surface area is 169 Å². The normalized spacial score (nSPS) is 27.8. The van der Waals surface area contributed by atoms with Gasteiger partial charge in [0, 0.05) is 11.8 Å². The van der Waals surface area contributed by atoms with Gasteiger partial charge in [-0.05, 0) is 75.3 Å². The van der Waals surface area contributed by atoms with Gasteiger partial charge in [0.25, 0.3) is 0 Å². The van der Waals surface area contributed by atoms with Gasteiger partial charge in [-0.15, -0.1) is 0 Å². The lowest BCUT2D eigenvalue weighted by molar-refractivity contribution is -0.122. The molecule has 0 atom stereocenters. The maximum atomic E-state index is 12.7. The number of carbonyl (C=O) groups is 2. The van der Waals surface area contributed by atoms with Crippen LogP contribution in [-0.4, -0.2) is 11.8 Å². The molecule has 0 radical (unpaired) electrons. The van der Waals surface area contributed by atoms with E-state index >= 15 is 0 Å². The molecule has 2 aliphatic rings. The lowest BCUT2D eigenvalue weighted by Crippen LogP contribution is -2.29. The van der Waals surface area contributed by atoms with E-state index in [9.17, 15) is 9.59 Å². The van der Waals surface area contributed by atoms with Crippen LogP contribution in [0.25, 0.3) is 0 Å². The van der Waals surface area contributed by atoms with Crippen molar-refractivity contribution in [2.45, 2.75) is 78.1 Å². The molecule has 0 aromatic heterocycles. The van der Waals surface area contributed by atoms with Crippen LogP contribution in [0.2, 0.25) is 0 Å². The first-order valence-corrected chi connectivity index (χ1v) is 11.3.